The van der Waals surface area contributed by atoms with E-state index in [1.54, 1.807) is 0 Å². The summed E-state index contributed by atoms with van der Waals surface area (Å²) in [5, 5.41) is 12.4. The number of carbonyl (C=O) groups is 1. The molecule has 0 radical (unpaired) electrons. The summed E-state index contributed by atoms with van der Waals surface area (Å²) in [6.07, 6.45) is 2.87. The maximum Gasteiger partial charge on any atom is 0.240 e. The van der Waals surface area contributed by atoms with E-state index in [4.69, 9.17) is 0 Å². The molecule has 14 heavy (non-hydrogen) atoms. The number of carbonyl (C=O) groups excluding carboxylic acids is 1. The maximum atomic E-state index is 11.9. The number of hydrogen-bond acceptors (Lipinski definition) is 3. The zero-order valence-corrected chi connectivity index (χ0v) is 8.62. The fourth-order valence-corrected chi connectivity index (χ4v) is 2.58. The fraction of sp³-hybridized carbons (Fsp3) is 0.900. The van der Waals surface area contributed by atoms with Gasteiger partial charge in [0.25, 0.3) is 0 Å². The van der Waals surface area contributed by atoms with Crippen LogP contribution in [0.4, 0.5) is 0 Å². The molecule has 1 heterocycles. The van der Waals surface area contributed by atoms with Crippen LogP contribution in [0.5, 0.6) is 0 Å². The molecular formula is C10H18N2O2. The van der Waals surface area contributed by atoms with E-state index in [2.05, 4.69) is 10.2 Å². The quantitative estimate of drug-likeness (QED) is 0.563. The Morgan fingerprint density at radius 1 is 1.50 bits per heavy atom. The average molecular weight is 198 g/mol. The van der Waals surface area contributed by atoms with E-state index < -0.39 is 0 Å². The summed E-state index contributed by atoms with van der Waals surface area (Å²) in [4.78, 5) is 14.0. The predicted octanol–water partition coefficient (Wildman–Crippen LogP) is -0.278. The Hall–Kier alpha value is -0.610. The second-order valence-corrected chi connectivity index (χ2v) is 4.44. The second-order valence-electron chi connectivity index (χ2n) is 4.44. The highest BCUT2D eigenvalue weighted by atomic mass is 16.3. The van der Waals surface area contributed by atoms with Crippen LogP contribution in [0.15, 0.2) is 0 Å². The molecule has 2 fully saturated rings. The number of piperazine rings is 1. The number of aliphatic hydroxyl groups excluding tert-OH is 1. The summed E-state index contributed by atoms with van der Waals surface area (Å²) in [7, 11) is 2.01. The van der Waals surface area contributed by atoms with Crippen LogP contribution in [0.25, 0.3) is 0 Å². The van der Waals surface area contributed by atoms with Crippen LogP contribution in [-0.4, -0.2) is 47.7 Å². The minimum Gasteiger partial charge on any atom is -0.393 e. The summed E-state index contributed by atoms with van der Waals surface area (Å²) in [5.41, 5.74) is -0.322. The monoisotopic (exact) mass is 198 g/mol. The lowest BCUT2D eigenvalue weighted by atomic mass is 9.77. The van der Waals surface area contributed by atoms with Gasteiger partial charge in [0.05, 0.1) is 6.10 Å². The van der Waals surface area contributed by atoms with E-state index in [1.807, 2.05) is 7.05 Å². The van der Waals surface area contributed by atoms with Crippen LogP contribution in [0.1, 0.15) is 25.7 Å². The Labute approximate surface area is 84.3 Å². The first-order chi connectivity index (χ1) is 6.65. The maximum absolute atomic E-state index is 11.9. The Kier molecular flexibility index (Phi) is 2.49. The zero-order chi connectivity index (χ0) is 10.2. The number of likely N-dealkylation sites (N-methyl/N-ethyl adjacent to an activating group) is 1. The van der Waals surface area contributed by atoms with Crippen LogP contribution in [0.2, 0.25) is 0 Å². The fourth-order valence-electron chi connectivity index (χ4n) is 2.58. The largest absolute Gasteiger partial charge is 0.393 e. The smallest absolute Gasteiger partial charge is 0.240 e. The molecule has 1 saturated carbocycles. The third kappa shape index (κ3) is 1.42. The molecule has 1 saturated heterocycles. The molecule has 0 unspecified atom stereocenters. The standard InChI is InChI=1S/C10H18N2O2/c1-12-7-6-11-9(14)10(12)4-2-8(13)3-5-10/h8,13H,2-7H2,1H3,(H,11,14)/t8-,10+. The Morgan fingerprint density at radius 3 is 2.71 bits per heavy atom. The van der Waals surface area contributed by atoms with E-state index in [1.165, 1.54) is 0 Å². The molecule has 2 aliphatic rings. The Balaban J connectivity index is 2.15. The summed E-state index contributed by atoms with van der Waals surface area (Å²) < 4.78 is 0. The van der Waals surface area contributed by atoms with Crippen molar-refractivity contribution >= 4 is 5.91 Å². The van der Waals surface area contributed by atoms with Crippen LogP contribution < -0.4 is 5.32 Å². The first-order valence-electron chi connectivity index (χ1n) is 5.33. The summed E-state index contributed by atoms with van der Waals surface area (Å²) in [6.45, 7) is 1.67. The van der Waals surface area contributed by atoms with Gasteiger partial charge < -0.3 is 10.4 Å². The van der Waals surface area contributed by atoms with Crippen molar-refractivity contribution in [2.45, 2.75) is 37.3 Å². The molecule has 1 aliphatic carbocycles. The lowest BCUT2D eigenvalue weighted by Gasteiger charge is -2.47. The van der Waals surface area contributed by atoms with Crippen LogP contribution in [-0.2, 0) is 4.79 Å². The normalized spacial score (nSPS) is 39.9. The minimum atomic E-state index is -0.322. The van der Waals surface area contributed by atoms with Crippen LogP contribution >= 0.6 is 0 Å². The third-order valence-electron chi connectivity index (χ3n) is 3.67. The summed E-state index contributed by atoms with van der Waals surface area (Å²) >= 11 is 0. The first-order valence-corrected chi connectivity index (χ1v) is 5.33. The SMILES string of the molecule is CN1CCNC(=O)[C@]12CC[C@H](O)CC2. The van der Waals surface area contributed by atoms with Crippen molar-refractivity contribution in [3.8, 4) is 0 Å². The number of nitrogens with zero attached hydrogens (tertiary/aromatic N) is 1. The van der Waals surface area contributed by atoms with Crippen molar-refractivity contribution in [1.29, 1.82) is 0 Å². The molecule has 4 heteroatoms. The van der Waals surface area contributed by atoms with E-state index >= 15 is 0 Å². The van der Waals surface area contributed by atoms with Gasteiger partial charge in [0.2, 0.25) is 5.91 Å². The molecule has 1 spiro atoms. The highest BCUT2D eigenvalue weighted by Crippen LogP contribution is 2.34. The van der Waals surface area contributed by atoms with Gasteiger partial charge in [-0.15, -0.1) is 0 Å². The molecule has 1 aliphatic heterocycles. The highest BCUT2D eigenvalue weighted by Gasteiger charge is 2.46. The van der Waals surface area contributed by atoms with E-state index in [-0.39, 0.29) is 17.6 Å². The van der Waals surface area contributed by atoms with Gasteiger partial charge in [0.15, 0.2) is 0 Å². The number of amides is 1. The van der Waals surface area contributed by atoms with Gasteiger partial charge in [0, 0.05) is 13.1 Å². The molecule has 2 N–H and O–H groups in total. The Morgan fingerprint density at radius 2 is 2.14 bits per heavy atom. The topological polar surface area (TPSA) is 52.6 Å². The number of aliphatic hydroxyl groups is 1. The van der Waals surface area contributed by atoms with Crippen LogP contribution in [0.3, 0.4) is 0 Å². The first kappa shape index (κ1) is 9.93. The number of rotatable bonds is 0. The third-order valence-corrected chi connectivity index (χ3v) is 3.67. The van der Waals surface area contributed by atoms with E-state index in [9.17, 15) is 9.90 Å². The van der Waals surface area contributed by atoms with Gasteiger partial charge >= 0.3 is 0 Å². The lowest BCUT2D eigenvalue weighted by molar-refractivity contribution is -0.140. The lowest BCUT2D eigenvalue weighted by Crippen LogP contribution is -2.64. The van der Waals surface area contributed by atoms with Crippen molar-refractivity contribution in [2.75, 3.05) is 20.1 Å². The molecule has 0 atom stereocenters. The van der Waals surface area contributed by atoms with E-state index in [0.29, 0.717) is 0 Å². The van der Waals surface area contributed by atoms with Gasteiger partial charge in [-0.3, -0.25) is 9.69 Å². The molecule has 2 rings (SSSR count). The number of nitrogens with one attached hydrogen (secondary N) is 1. The van der Waals surface area contributed by atoms with Crippen molar-refractivity contribution < 1.29 is 9.90 Å². The molecule has 0 aromatic rings. The van der Waals surface area contributed by atoms with Crippen molar-refractivity contribution in [2.24, 2.45) is 0 Å². The van der Waals surface area contributed by atoms with Gasteiger partial charge in [-0.25, -0.2) is 0 Å². The molecular weight excluding hydrogens is 180 g/mol. The summed E-state index contributed by atoms with van der Waals surface area (Å²) in [6, 6.07) is 0. The molecule has 1 amide bonds. The van der Waals surface area contributed by atoms with Crippen molar-refractivity contribution in [3.05, 3.63) is 0 Å². The van der Waals surface area contributed by atoms with Gasteiger partial charge in [-0.1, -0.05) is 0 Å². The second kappa shape index (κ2) is 3.51. The Bertz CT molecular complexity index is 234. The van der Waals surface area contributed by atoms with Crippen molar-refractivity contribution in [3.63, 3.8) is 0 Å². The average Bonchev–Trinajstić information content (AvgIpc) is 2.17. The number of hydrogen-bond donors (Lipinski definition) is 2. The van der Waals surface area contributed by atoms with E-state index in [0.717, 1.165) is 38.8 Å². The summed E-state index contributed by atoms with van der Waals surface area (Å²) in [5.74, 6) is 0.151. The zero-order valence-electron chi connectivity index (χ0n) is 8.62. The molecule has 0 aromatic heterocycles. The molecule has 4 nitrogen and oxygen atoms in total. The van der Waals surface area contributed by atoms with Gasteiger partial charge in [0.1, 0.15) is 5.54 Å². The molecule has 0 aromatic carbocycles. The van der Waals surface area contributed by atoms with Crippen LogP contribution in [0, 0.1) is 0 Å². The van der Waals surface area contributed by atoms with Crippen molar-refractivity contribution in [1.82, 2.24) is 10.2 Å². The minimum absolute atomic E-state index is 0.151. The highest BCUT2D eigenvalue weighted by molar-refractivity contribution is 5.87. The van der Waals surface area contributed by atoms with Gasteiger partial charge in [-0.05, 0) is 32.7 Å². The molecule has 0 bridgehead atoms. The molecule has 80 valence electrons. The predicted molar refractivity (Wildman–Crippen MR) is 52.8 cm³/mol. The van der Waals surface area contributed by atoms with Gasteiger partial charge in [-0.2, -0.15) is 0 Å².